The van der Waals surface area contributed by atoms with Gasteiger partial charge in [-0.3, -0.25) is 9.20 Å². The topological polar surface area (TPSA) is 77.8 Å². The molecule has 7 nitrogen and oxygen atoms in total. The number of rotatable bonds is 5. The fourth-order valence-corrected chi connectivity index (χ4v) is 2.84. The second-order valence-corrected chi connectivity index (χ2v) is 5.91. The number of hydrogen-bond acceptors (Lipinski definition) is 5. The summed E-state index contributed by atoms with van der Waals surface area (Å²) in [5.41, 5.74) is 1.87. The molecule has 0 unspecified atom stereocenters. The maximum absolute atomic E-state index is 12.6. The van der Waals surface area contributed by atoms with Gasteiger partial charge in [0.25, 0.3) is 5.91 Å². The van der Waals surface area contributed by atoms with E-state index in [1.165, 1.54) is 0 Å². The molecule has 4 rings (SSSR count). The average Bonchev–Trinajstić information content (AvgIpc) is 3.31. The Labute approximate surface area is 144 Å². The molecular weight excluding hydrogens is 320 g/mol. The van der Waals surface area contributed by atoms with Crippen LogP contribution in [0, 0.1) is 0 Å². The highest BCUT2D eigenvalue weighted by Gasteiger charge is 2.18. The quantitative estimate of drug-likeness (QED) is 0.773. The second-order valence-electron chi connectivity index (χ2n) is 5.91. The first-order chi connectivity index (χ1) is 12.3. The molecule has 3 heterocycles. The summed E-state index contributed by atoms with van der Waals surface area (Å²) in [7, 11) is 0. The fourth-order valence-electron chi connectivity index (χ4n) is 2.84. The van der Waals surface area contributed by atoms with Crippen LogP contribution >= 0.6 is 0 Å². The number of hydrogen-bond donors (Lipinski definition) is 1. The first-order valence-electron chi connectivity index (χ1n) is 8.24. The zero-order valence-electron chi connectivity index (χ0n) is 13.6. The molecule has 0 aliphatic carbocycles. The van der Waals surface area contributed by atoms with Crippen LogP contribution in [-0.4, -0.2) is 39.8 Å². The van der Waals surface area contributed by atoms with E-state index >= 15 is 0 Å². The number of aromatic nitrogens is 3. The number of para-hydroxylation sites is 1. The lowest BCUT2D eigenvalue weighted by Gasteiger charge is -2.14. The Morgan fingerprint density at radius 2 is 2.24 bits per heavy atom. The zero-order valence-corrected chi connectivity index (χ0v) is 13.6. The summed E-state index contributed by atoms with van der Waals surface area (Å²) in [5, 5.41) is 10.6. The van der Waals surface area contributed by atoms with Crippen LogP contribution in [0.4, 0.5) is 5.69 Å². The van der Waals surface area contributed by atoms with Crippen LogP contribution in [-0.2, 0) is 4.74 Å². The number of carbonyl (C=O) groups excluding carboxylic acids is 1. The van der Waals surface area contributed by atoms with Gasteiger partial charge >= 0.3 is 0 Å². The molecule has 7 heteroatoms. The van der Waals surface area contributed by atoms with Crippen molar-refractivity contribution >= 4 is 17.2 Å². The van der Waals surface area contributed by atoms with Crippen molar-refractivity contribution in [3.05, 3.63) is 54.5 Å². The Kier molecular flexibility index (Phi) is 4.30. The molecule has 1 fully saturated rings. The van der Waals surface area contributed by atoms with E-state index in [1.54, 1.807) is 41.2 Å². The van der Waals surface area contributed by atoms with Gasteiger partial charge in [0.2, 0.25) is 0 Å². The molecule has 3 aromatic rings. The van der Waals surface area contributed by atoms with E-state index in [9.17, 15) is 4.79 Å². The summed E-state index contributed by atoms with van der Waals surface area (Å²) in [6.45, 7) is 1.23. The zero-order chi connectivity index (χ0) is 17.1. The summed E-state index contributed by atoms with van der Waals surface area (Å²) >= 11 is 0. The van der Waals surface area contributed by atoms with Gasteiger partial charge in [0, 0.05) is 12.8 Å². The van der Waals surface area contributed by atoms with Crippen molar-refractivity contribution in [3.63, 3.8) is 0 Å². The molecule has 25 heavy (non-hydrogen) atoms. The van der Waals surface area contributed by atoms with Gasteiger partial charge in [0.15, 0.2) is 5.65 Å². The van der Waals surface area contributed by atoms with E-state index in [2.05, 4.69) is 15.5 Å². The highest BCUT2D eigenvalue weighted by atomic mass is 16.5. The number of benzene rings is 1. The third-order valence-corrected chi connectivity index (χ3v) is 4.13. The molecular formula is C18H18N4O3. The largest absolute Gasteiger partial charge is 0.490 e. The minimum atomic E-state index is -0.227. The number of carbonyl (C=O) groups is 1. The van der Waals surface area contributed by atoms with Crippen molar-refractivity contribution in [3.8, 4) is 5.75 Å². The van der Waals surface area contributed by atoms with Crippen LogP contribution in [0.1, 0.15) is 23.2 Å². The molecule has 1 N–H and O–H groups in total. The number of ether oxygens (including phenoxy) is 2. The lowest BCUT2D eigenvalue weighted by Crippen LogP contribution is -2.19. The van der Waals surface area contributed by atoms with Crippen LogP contribution < -0.4 is 10.1 Å². The van der Waals surface area contributed by atoms with Crippen LogP contribution in [0.15, 0.2) is 48.9 Å². The van der Waals surface area contributed by atoms with Gasteiger partial charge in [-0.25, -0.2) is 0 Å². The van der Waals surface area contributed by atoms with E-state index in [-0.39, 0.29) is 12.0 Å². The summed E-state index contributed by atoms with van der Waals surface area (Å²) < 4.78 is 13.1. The van der Waals surface area contributed by atoms with E-state index in [0.29, 0.717) is 23.6 Å². The molecule has 0 radical (unpaired) electrons. The van der Waals surface area contributed by atoms with Crippen LogP contribution in [0.3, 0.4) is 0 Å². The molecule has 128 valence electrons. The molecule has 0 spiro atoms. The number of nitrogens with one attached hydrogen (secondary N) is 1. The Bertz CT molecular complexity index is 887. The minimum absolute atomic E-state index is 0.104. The van der Waals surface area contributed by atoms with Crippen molar-refractivity contribution in [2.24, 2.45) is 0 Å². The SMILES string of the molecule is O=C(Nc1ccc2nncn2c1)c1ccccc1OC[C@H]1CCCO1. The number of anilines is 1. The number of nitrogens with zero attached hydrogens (tertiary/aromatic N) is 3. The summed E-state index contributed by atoms with van der Waals surface area (Å²) in [6, 6.07) is 10.8. The molecule has 1 amide bonds. The monoisotopic (exact) mass is 338 g/mol. The summed E-state index contributed by atoms with van der Waals surface area (Å²) in [6.07, 6.45) is 5.51. The third kappa shape index (κ3) is 3.46. The Hall–Kier alpha value is -2.93. The van der Waals surface area contributed by atoms with Gasteiger partial charge in [0.1, 0.15) is 18.7 Å². The van der Waals surface area contributed by atoms with Crippen molar-refractivity contribution in [2.45, 2.75) is 18.9 Å². The maximum atomic E-state index is 12.6. The number of amides is 1. The molecule has 0 saturated carbocycles. The molecule has 1 aliphatic rings. The van der Waals surface area contributed by atoms with Gasteiger partial charge < -0.3 is 14.8 Å². The second kappa shape index (κ2) is 6.90. The van der Waals surface area contributed by atoms with Crippen molar-refractivity contribution in [1.29, 1.82) is 0 Å². The predicted octanol–water partition coefficient (Wildman–Crippen LogP) is 2.54. The lowest BCUT2D eigenvalue weighted by molar-refractivity contribution is 0.0673. The summed E-state index contributed by atoms with van der Waals surface area (Å²) in [5.74, 6) is 0.330. The highest BCUT2D eigenvalue weighted by Crippen LogP contribution is 2.22. The van der Waals surface area contributed by atoms with E-state index in [1.807, 2.05) is 12.1 Å². The van der Waals surface area contributed by atoms with Gasteiger partial charge in [0.05, 0.1) is 17.4 Å². The van der Waals surface area contributed by atoms with E-state index < -0.39 is 0 Å². The Morgan fingerprint density at radius 1 is 1.32 bits per heavy atom. The average molecular weight is 338 g/mol. The summed E-state index contributed by atoms with van der Waals surface area (Å²) in [4.78, 5) is 12.6. The maximum Gasteiger partial charge on any atom is 0.259 e. The van der Waals surface area contributed by atoms with Gasteiger partial charge in [-0.05, 0) is 37.1 Å². The normalized spacial score (nSPS) is 16.9. The standard InChI is InChI=1S/C18H18N4O3/c23-18(20-13-7-8-17-21-19-12-22(17)10-13)15-5-1-2-6-16(15)25-11-14-4-3-9-24-14/h1-2,5-8,10,12,14H,3-4,9,11H2,(H,20,23)/t14-/m1/s1. The number of fused-ring (bicyclic) bond motifs is 1. The van der Waals surface area contributed by atoms with Crippen molar-refractivity contribution in [2.75, 3.05) is 18.5 Å². The lowest BCUT2D eigenvalue weighted by atomic mass is 10.2. The van der Waals surface area contributed by atoms with Gasteiger partial charge in [-0.2, -0.15) is 0 Å². The third-order valence-electron chi connectivity index (χ3n) is 4.13. The first kappa shape index (κ1) is 15.6. The molecule has 0 bridgehead atoms. The molecule has 2 aromatic heterocycles. The van der Waals surface area contributed by atoms with E-state index in [0.717, 1.165) is 25.1 Å². The molecule has 1 saturated heterocycles. The predicted molar refractivity (Wildman–Crippen MR) is 91.9 cm³/mol. The molecule has 1 aliphatic heterocycles. The van der Waals surface area contributed by atoms with Gasteiger partial charge in [-0.1, -0.05) is 12.1 Å². The smallest absolute Gasteiger partial charge is 0.259 e. The first-order valence-corrected chi connectivity index (χ1v) is 8.24. The van der Waals surface area contributed by atoms with Crippen LogP contribution in [0.25, 0.3) is 5.65 Å². The Morgan fingerprint density at radius 3 is 3.12 bits per heavy atom. The minimum Gasteiger partial charge on any atom is -0.490 e. The number of pyridine rings is 1. The van der Waals surface area contributed by atoms with Gasteiger partial charge in [-0.15, -0.1) is 10.2 Å². The Balaban J connectivity index is 1.48. The fraction of sp³-hybridized carbons (Fsp3) is 0.278. The molecule has 1 atom stereocenters. The molecule has 1 aromatic carbocycles. The van der Waals surface area contributed by atoms with Crippen LogP contribution in [0.5, 0.6) is 5.75 Å². The van der Waals surface area contributed by atoms with Crippen LogP contribution in [0.2, 0.25) is 0 Å². The van der Waals surface area contributed by atoms with E-state index in [4.69, 9.17) is 9.47 Å². The highest BCUT2D eigenvalue weighted by molar-refractivity contribution is 6.06. The van der Waals surface area contributed by atoms with Crippen molar-refractivity contribution in [1.82, 2.24) is 14.6 Å². The van der Waals surface area contributed by atoms with Crippen molar-refractivity contribution < 1.29 is 14.3 Å².